The molecule has 0 bridgehead atoms. The summed E-state index contributed by atoms with van der Waals surface area (Å²) in [5, 5.41) is 16.7. The molecule has 1 amide bonds. The molecule has 9 heteroatoms. The van der Waals surface area contributed by atoms with E-state index in [1.165, 1.54) is 0 Å². The third-order valence-corrected chi connectivity index (χ3v) is 9.22. The predicted octanol–water partition coefficient (Wildman–Crippen LogP) is 6.40. The topological polar surface area (TPSA) is 103 Å². The second kappa shape index (κ2) is 12.8. The van der Waals surface area contributed by atoms with Gasteiger partial charge in [0.05, 0.1) is 6.20 Å². The van der Waals surface area contributed by atoms with E-state index >= 15 is 0 Å². The Morgan fingerprint density at radius 3 is 2.21 bits per heavy atom. The number of aromatic nitrogens is 2. The van der Waals surface area contributed by atoms with Gasteiger partial charge in [-0.25, -0.2) is 14.3 Å². The van der Waals surface area contributed by atoms with Gasteiger partial charge in [0.2, 0.25) is 0 Å². The molecule has 0 spiro atoms. The molecule has 5 rings (SSSR count). The molecule has 3 aromatic carbocycles. The van der Waals surface area contributed by atoms with Crippen molar-refractivity contribution in [1.29, 1.82) is 0 Å². The summed E-state index contributed by atoms with van der Waals surface area (Å²) in [4.78, 5) is 24.7. The maximum Gasteiger partial charge on any atom is 0.407 e. The Labute approximate surface area is 247 Å². The summed E-state index contributed by atoms with van der Waals surface area (Å²) in [5.41, 5.74) is 7.15. The summed E-state index contributed by atoms with van der Waals surface area (Å²) in [6.45, 7) is 8.23. The van der Waals surface area contributed by atoms with Gasteiger partial charge in [-0.1, -0.05) is 92.4 Å². The van der Waals surface area contributed by atoms with Crippen molar-refractivity contribution in [2.45, 2.75) is 50.8 Å². The maximum atomic E-state index is 12.7. The lowest BCUT2D eigenvalue weighted by Gasteiger charge is -2.17. The molecule has 4 aromatic rings. The van der Waals surface area contributed by atoms with Gasteiger partial charge in [-0.15, -0.1) is 0 Å². The Bertz CT molecular complexity index is 1500. The smallest absolute Gasteiger partial charge is 0.407 e. The van der Waals surface area contributed by atoms with Crippen LogP contribution in [0.25, 0.3) is 22.3 Å². The van der Waals surface area contributed by atoms with Crippen LogP contribution in [-0.4, -0.2) is 54.3 Å². The fourth-order valence-electron chi connectivity index (χ4n) is 5.17. The largest absolute Gasteiger partial charge is 0.480 e. The van der Waals surface area contributed by atoms with Crippen LogP contribution in [0.1, 0.15) is 22.6 Å². The molecule has 0 radical (unpaired) electrons. The van der Waals surface area contributed by atoms with E-state index < -0.39 is 26.2 Å². The zero-order valence-corrected chi connectivity index (χ0v) is 25.2. The molecule has 1 aliphatic carbocycles. The van der Waals surface area contributed by atoms with E-state index in [-0.39, 0.29) is 18.9 Å². The lowest BCUT2D eigenvalue weighted by Crippen LogP contribution is -2.42. The van der Waals surface area contributed by atoms with Crippen LogP contribution < -0.4 is 5.32 Å². The lowest BCUT2D eigenvalue weighted by molar-refractivity contribution is -0.139. The summed E-state index contributed by atoms with van der Waals surface area (Å²) in [7, 11) is -1.13. The van der Waals surface area contributed by atoms with Crippen LogP contribution in [0.3, 0.4) is 0 Å². The predicted molar refractivity (Wildman–Crippen MR) is 165 cm³/mol. The van der Waals surface area contributed by atoms with E-state index in [0.29, 0.717) is 6.73 Å². The molecule has 1 heterocycles. The van der Waals surface area contributed by atoms with E-state index in [2.05, 4.69) is 42.2 Å². The highest BCUT2D eigenvalue weighted by Gasteiger charge is 2.30. The van der Waals surface area contributed by atoms with E-state index in [1.54, 1.807) is 10.9 Å². The van der Waals surface area contributed by atoms with Crippen molar-refractivity contribution in [1.82, 2.24) is 15.1 Å². The first-order valence-electron chi connectivity index (χ1n) is 14.2. The number of benzene rings is 3. The van der Waals surface area contributed by atoms with Gasteiger partial charge < -0.3 is 19.9 Å². The van der Waals surface area contributed by atoms with Crippen LogP contribution in [0.5, 0.6) is 0 Å². The van der Waals surface area contributed by atoms with Crippen LogP contribution in [-0.2, 0) is 27.4 Å². The van der Waals surface area contributed by atoms with Gasteiger partial charge in [-0.3, -0.25) is 0 Å². The number of amides is 1. The number of hydrogen-bond acceptors (Lipinski definition) is 5. The Kier molecular flexibility index (Phi) is 8.89. The zero-order valence-electron chi connectivity index (χ0n) is 24.2. The second-order valence-corrected chi connectivity index (χ2v) is 17.5. The molecule has 1 aromatic heterocycles. The molecular weight excluding hydrogens is 546 g/mol. The van der Waals surface area contributed by atoms with Crippen LogP contribution in [0.15, 0.2) is 85.2 Å². The van der Waals surface area contributed by atoms with Gasteiger partial charge in [-0.05, 0) is 39.4 Å². The summed E-state index contributed by atoms with van der Waals surface area (Å²) in [5.74, 6) is -1.22. The molecule has 1 aliphatic rings. The van der Waals surface area contributed by atoms with Gasteiger partial charge in [0.1, 0.15) is 19.4 Å². The molecule has 218 valence electrons. The molecule has 0 saturated carbocycles. The lowest BCUT2D eigenvalue weighted by atomic mass is 9.98. The van der Waals surface area contributed by atoms with Crippen LogP contribution >= 0.6 is 0 Å². The number of aliphatic carboxylic acids is 1. The standard InChI is InChI=1S/C33H37N3O5Si/c1-42(2,3)17-16-40-22-36-20-25(19-34-36)24-14-12-23(13-15-24)18-31(32(37)38)35-33(39)41-21-30-28-10-6-4-8-26(28)27-9-5-7-11-29(27)30/h4-15,19-20,30-31H,16-18,21-22H2,1-3H3,(H,35,39)(H,37,38)/t31-/m0/s1. The molecule has 2 N–H and O–H groups in total. The Morgan fingerprint density at radius 1 is 0.952 bits per heavy atom. The minimum Gasteiger partial charge on any atom is -0.480 e. The SMILES string of the molecule is C[Si](C)(C)CCOCn1cc(-c2ccc(C[C@H](NC(=O)OCC3c4ccccc4-c4ccccc43)C(=O)O)cc2)cn1. The number of nitrogens with zero attached hydrogens (tertiary/aromatic N) is 2. The number of rotatable bonds is 12. The fraction of sp³-hybridized carbons (Fsp3) is 0.303. The highest BCUT2D eigenvalue weighted by molar-refractivity contribution is 6.76. The van der Waals surface area contributed by atoms with Gasteiger partial charge in [0.25, 0.3) is 0 Å². The third kappa shape index (κ3) is 7.16. The first-order chi connectivity index (χ1) is 20.2. The van der Waals surface area contributed by atoms with Gasteiger partial charge in [-0.2, -0.15) is 5.10 Å². The summed E-state index contributed by atoms with van der Waals surface area (Å²) in [6, 6.07) is 23.7. The van der Waals surface area contributed by atoms with Crippen molar-refractivity contribution in [3.63, 3.8) is 0 Å². The van der Waals surface area contributed by atoms with Crippen molar-refractivity contribution in [3.05, 3.63) is 102 Å². The minimum absolute atomic E-state index is 0.0972. The molecule has 0 saturated heterocycles. The number of nitrogens with one attached hydrogen (secondary N) is 1. The zero-order chi connectivity index (χ0) is 29.7. The van der Waals surface area contributed by atoms with Crippen LogP contribution in [0.2, 0.25) is 25.7 Å². The van der Waals surface area contributed by atoms with Crippen LogP contribution in [0, 0.1) is 0 Å². The number of alkyl carbamates (subject to hydrolysis) is 1. The number of hydrogen-bond donors (Lipinski definition) is 2. The van der Waals surface area contributed by atoms with E-state index in [0.717, 1.165) is 51.6 Å². The molecule has 1 atom stereocenters. The molecule has 42 heavy (non-hydrogen) atoms. The first kappa shape index (κ1) is 29.3. The number of carbonyl (C=O) groups excluding carboxylic acids is 1. The number of carboxylic acids is 1. The molecule has 0 aliphatic heterocycles. The van der Waals surface area contributed by atoms with E-state index in [4.69, 9.17) is 9.47 Å². The normalized spacial score (nSPS) is 13.3. The van der Waals surface area contributed by atoms with Crippen molar-refractivity contribution < 1.29 is 24.2 Å². The van der Waals surface area contributed by atoms with Gasteiger partial charge in [0, 0.05) is 38.8 Å². The highest BCUT2D eigenvalue weighted by atomic mass is 28.3. The van der Waals surface area contributed by atoms with E-state index in [1.807, 2.05) is 66.9 Å². The highest BCUT2D eigenvalue weighted by Crippen LogP contribution is 2.44. The average molecular weight is 584 g/mol. The number of carbonyl (C=O) groups is 2. The Balaban J connectivity index is 1.15. The second-order valence-electron chi connectivity index (χ2n) is 11.9. The third-order valence-electron chi connectivity index (χ3n) is 7.51. The number of fused-ring (bicyclic) bond motifs is 3. The van der Waals surface area contributed by atoms with Crippen molar-refractivity contribution in [2.24, 2.45) is 0 Å². The number of ether oxygens (including phenoxy) is 2. The Morgan fingerprint density at radius 2 is 1.60 bits per heavy atom. The van der Waals surface area contributed by atoms with Crippen LogP contribution in [0.4, 0.5) is 4.79 Å². The van der Waals surface area contributed by atoms with Crippen molar-refractivity contribution in [2.75, 3.05) is 13.2 Å². The fourth-order valence-corrected chi connectivity index (χ4v) is 5.93. The monoisotopic (exact) mass is 583 g/mol. The molecule has 0 unspecified atom stereocenters. The summed E-state index contributed by atoms with van der Waals surface area (Å²) < 4.78 is 13.1. The van der Waals surface area contributed by atoms with E-state index in [9.17, 15) is 14.7 Å². The minimum atomic E-state index is -1.13. The maximum absolute atomic E-state index is 12.7. The molecular formula is C33H37N3O5Si. The van der Waals surface area contributed by atoms with Crippen molar-refractivity contribution >= 4 is 20.1 Å². The summed E-state index contributed by atoms with van der Waals surface area (Å²) in [6.07, 6.45) is 3.10. The van der Waals surface area contributed by atoms with Gasteiger partial charge in [0.15, 0.2) is 0 Å². The van der Waals surface area contributed by atoms with Gasteiger partial charge >= 0.3 is 12.1 Å². The first-order valence-corrected chi connectivity index (χ1v) is 17.9. The number of carboxylic acid groups (broad SMARTS) is 1. The average Bonchev–Trinajstić information content (AvgIpc) is 3.57. The molecule has 8 nitrogen and oxygen atoms in total. The van der Waals surface area contributed by atoms with Crippen molar-refractivity contribution in [3.8, 4) is 22.3 Å². The quantitative estimate of drug-likeness (QED) is 0.148. The Hall–Kier alpha value is -4.21. The molecule has 0 fully saturated rings. The summed E-state index contributed by atoms with van der Waals surface area (Å²) >= 11 is 0.